The van der Waals surface area contributed by atoms with Crippen LogP contribution >= 0.6 is 22.6 Å². The minimum absolute atomic E-state index is 0.139. The van der Waals surface area contributed by atoms with Gasteiger partial charge < -0.3 is 0 Å². The molecule has 1 aromatic heterocycles. The number of aliphatic imine (C=N–C) groups is 1. The predicted octanol–water partition coefficient (Wildman–Crippen LogP) is 5.24. The first-order valence-corrected chi connectivity index (χ1v) is 10.2. The number of hydrogen-bond donors (Lipinski definition) is 1. The van der Waals surface area contributed by atoms with Crippen LogP contribution in [0.2, 0.25) is 0 Å². The van der Waals surface area contributed by atoms with E-state index in [0.29, 0.717) is 17.4 Å². The lowest BCUT2D eigenvalue weighted by molar-refractivity contribution is 0.206. The maximum absolute atomic E-state index is 4.75. The first-order chi connectivity index (χ1) is 11.3. The van der Waals surface area contributed by atoms with Crippen molar-refractivity contribution in [3.8, 4) is 0 Å². The number of nitrogens with zero attached hydrogens (tertiary/aromatic N) is 2. The summed E-state index contributed by atoms with van der Waals surface area (Å²) in [6.45, 7) is 9.06. The minimum atomic E-state index is 0.139. The number of aromatic nitrogens is 1. The van der Waals surface area contributed by atoms with Crippen LogP contribution in [0.1, 0.15) is 69.2 Å². The van der Waals surface area contributed by atoms with E-state index in [0.717, 1.165) is 0 Å². The van der Waals surface area contributed by atoms with Crippen molar-refractivity contribution in [1.82, 2.24) is 10.3 Å². The molecule has 1 unspecified atom stereocenters. The van der Waals surface area contributed by atoms with Crippen molar-refractivity contribution in [3.63, 3.8) is 0 Å². The van der Waals surface area contributed by atoms with Gasteiger partial charge in [0.15, 0.2) is 4.17 Å². The number of alkyl halides is 1. The van der Waals surface area contributed by atoms with Gasteiger partial charge in [-0.3, -0.25) is 15.3 Å². The summed E-state index contributed by atoms with van der Waals surface area (Å²) >= 11 is 2.40. The van der Waals surface area contributed by atoms with E-state index in [1.807, 2.05) is 12.4 Å². The molecule has 0 aliphatic heterocycles. The number of pyridine rings is 1. The Bertz CT molecular complexity index is 653. The number of rotatable bonds is 4. The van der Waals surface area contributed by atoms with Gasteiger partial charge in [-0.05, 0) is 89.5 Å². The largest absolute Gasteiger partial charge is 0.285 e. The van der Waals surface area contributed by atoms with Crippen LogP contribution in [0.5, 0.6) is 0 Å². The van der Waals surface area contributed by atoms with E-state index in [1.54, 1.807) is 0 Å². The molecule has 1 heterocycles. The lowest BCUT2D eigenvalue weighted by Gasteiger charge is -2.35. The molecule has 3 nitrogen and oxygen atoms in total. The molecule has 2 aliphatic carbocycles. The molecule has 1 saturated carbocycles. The van der Waals surface area contributed by atoms with Crippen LogP contribution in [0.25, 0.3) is 6.08 Å². The van der Waals surface area contributed by atoms with E-state index in [9.17, 15) is 0 Å². The summed E-state index contributed by atoms with van der Waals surface area (Å²) < 4.78 is 0.139. The quantitative estimate of drug-likeness (QED) is 0.303. The predicted molar refractivity (Wildman–Crippen MR) is 111 cm³/mol. The van der Waals surface area contributed by atoms with Crippen LogP contribution < -0.4 is 5.32 Å². The number of fused-ring (bicyclic) bond motifs is 1. The number of allylic oxidation sites excluding steroid dienone is 1. The zero-order valence-electron chi connectivity index (χ0n) is 15.1. The molecule has 2 aliphatic rings. The Balaban J connectivity index is 1.57. The third-order valence-corrected chi connectivity index (χ3v) is 6.07. The summed E-state index contributed by atoms with van der Waals surface area (Å²) in [5, 5.41) is 3.67. The average molecular weight is 437 g/mol. The fourth-order valence-electron chi connectivity index (χ4n) is 3.65. The second-order valence-electron chi connectivity index (χ2n) is 8.07. The van der Waals surface area contributed by atoms with Gasteiger partial charge in [0, 0.05) is 24.4 Å². The Labute approximate surface area is 159 Å². The van der Waals surface area contributed by atoms with E-state index in [-0.39, 0.29) is 4.17 Å². The topological polar surface area (TPSA) is 37.3 Å². The molecule has 4 heteroatoms. The van der Waals surface area contributed by atoms with Crippen LogP contribution in [-0.4, -0.2) is 21.4 Å². The van der Waals surface area contributed by atoms with Crippen molar-refractivity contribution in [2.24, 2.45) is 10.4 Å². The first-order valence-electron chi connectivity index (χ1n) is 8.95. The fourth-order valence-corrected chi connectivity index (χ4v) is 4.32. The zero-order chi connectivity index (χ0) is 17.3. The molecule has 0 saturated heterocycles. The number of aryl methyl sites for hydroxylation is 1. The fraction of sp³-hybridized carbons (Fsp3) is 0.600. The van der Waals surface area contributed by atoms with Crippen molar-refractivity contribution >= 4 is 34.9 Å². The van der Waals surface area contributed by atoms with Crippen molar-refractivity contribution in [2.75, 3.05) is 0 Å². The van der Waals surface area contributed by atoms with Gasteiger partial charge in [-0.2, -0.15) is 0 Å². The monoisotopic (exact) mass is 437 g/mol. The van der Waals surface area contributed by atoms with E-state index < -0.39 is 0 Å². The lowest BCUT2D eigenvalue weighted by atomic mass is 9.76. The molecular formula is C20H28IN3. The minimum Gasteiger partial charge on any atom is -0.285 e. The highest BCUT2D eigenvalue weighted by atomic mass is 127. The Morgan fingerprint density at radius 2 is 2.08 bits per heavy atom. The van der Waals surface area contributed by atoms with Crippen molar-refractivity contribution < 1.29 is 0 Å². The van der Waals surface area contributed by atoms with E-state index in [4.69, 9.17) is 4.99 Å². The first kappa shape index (κ1) is 18.1. The van der Waals surface area contributed by atoms with Gasteiger partial charge in [0.2, 0.25) is 0 Å². The zero-order valence-corrected chi connectivity index (χ0v) is 17.3. The summed E-state index contributed by atoms with van der Waals surface area (Å²) in [5.74, 6) is 0.337. The SMILES string of the molecule is Cc1cnc2c(c1)C=C(/C=N\C(I)NC1CCC(C)(C)CC1)[C@@H]2C. The Kier molecular flexibility index (Phi) is 5.45. The molecule has 1 aromatic rings. The highest BCUT2D eigenvalue weighted by Crippen LogP contribution is 2.36. The lowest BCUT2D eigenvalue weighted by Crippen LogP contribution is -2.38. The molecule has 1 N–H and O–H groups in total. The van der Waals surface area contributed by atoms with Gasteiger partial charge in [-0.25, -0.2) is 0 Å². The number of nitrogens with one attached hydrogen (secondary N) is 1. The van der Waals surface area contributed by atoms with Crippen molar-refractivity contribution in [3.05, 3.63) is 34.7 Å². The smallest absolute Gasteiger partial charge is 0.151 e. The molecule has 0 radical (unpaired) electrons. The summed E-state index contributed by atoms with van der Waals surface area (Å²) in [6.07, 6.45) is 11.4. The van der Waals surface area contributed by atoms with Gasteiger partial charge >= 0.3 is 0 Å². The molecule has 130 valence electrons. The van der Waals surface area contributed by atoms with Gasteiger partial charge in [0.25, 0.3) is 0 Å². The number of halogens is 1. The standard InChI is InChI=1S/C20H28IN3/c1-13-9-15-10-16(14(2)18(15)22-11-13)12-23-19(21)24-17-5-7-20(3,4)8-6-17/h9-12,14,17,19,24H,5-8H2,1-4H3/b23-12-/t14-,19?/m0/s1. The summed E-state index contributed by atoms with van der Waals surface area (Å²) in [7, 11) is 0. The molecule has 3 rings (SSSR count). The van der Waals surface area contributed by atoms with Crippen LogP contribution in [-0.2, 0) is 0 Å². The molecule has 0 aromatic carbocycles. The third-order valence-electron chi connectivity index (χ3n) is 5.39. The van der Waals surface area contributed by atoms with E-state index >= 15 is 0 Å². The summed E-state index contributed by atoms with van der Waals surface area (Å²) in [6, 6.07) is 2.82. The Hall–Kier alpha value is -0.750. The van der Waals surface area contributed by atoms with Crippen LogP contribution in [0.15, 0.2) is 22.8 Å². The maximum Gasteiger partial charge on any atom is 0.151 e. The van der Waals surface area contributed by atoms with Gasteiger partial charge in [-0.15, -0.1) is 0 Å². The van der Waals surface area contributed by atoms with Crippen LogP contribution in [0.3, 0.4) is 0 Å². The molecular weight excluding hydrogens is 409 g/mol. The van der Waals surface area contributed by atoms with Crippen molar-refractivity contribution in [1.29, 1.82) is 0 Å². The number of hydrogen-bond acceptors (Lipinski definition) is 3. The molecule has 24 heavy (non-hydrogen) atoms. The third kappa shape index (κ3) is 4.26. The highest BCUT2D eigenvalue weighted by Gasteiger charge is 2.27. The molecule has 2 atom stereocenters. The van der Waals surface area contributed by atoms with Gasteiger partial charge in [0.1, 0.15) is 0 Å². The van der Waals surface area contributed by atoms with Gasteiger partial charge in [0.05, 0.1) is 5.69 Å². The van der Waals surface area contributed by atoms with Crippen molar-refractivity contribution in [2.45, 2.75) is 69.5 Å². The Morgan fingerprint density at radius 1 is 1.38 bits per heavy atom. The maximum atomic E-state index is 4.75. The summed E-state index contributed by atoms with van der Waals surface area (Å²) in [5.41, 5.74) is 5.41. The summed E-state index contributed by atoms with van der Waals surface area (Å²) in [4.78, 5) is 9.34. The highest BCUT2D eigenvalue weighted by molar-refractivity contribution is 14.1. The van der Waals surface area contributed by atoms with Crippen LogP contribution in [0.4, 0.5) is 0 Å². The molecule has 0 spiro atoms. The second-order valence-corrected chi connectivity index (χ2v) is 9.25. The van der Waals surface area contributed by atoms with Crippen LogP contribution in [0, 0.1) is 12.3 Å². The normalized spacial score (nSPS) is 24.9. The Morgan fingerprint density at radius 3 is 2.79 bits per heavy atom. The molecule has 0 bridgehead atoms. The van der Waals surface area contributed by atoms with E-state index in [1.165, 1.54) is 48.1 Å². The molecule has 1 fully saturated rings. The second kappa shape index (κ2) is 7.24. The average Bonchev–Trinajstić information content (AvgIpc) is 2.83. The van der Waals surface area contributed by atoms with E-state index in [2.05, 4.69) is 72.7 Å². The van der Waals surface area contributed by atoms with Gasteiger partial charge in [-0.1, -0.05) is 20.8 Å². The molecule has 0 amide bonds.